The third-order valence-corrected chi connectivity index (χ3v) is 4.23. The van der Waals surface area contributed by atoms with Crippen LogP contribution in [0.3, 0.4) is 0 Å². The van der Waals surface area contributed by atoms with Crippen molar-refractivity contribution in [1.82, 2.24) is 5.32 Å². The summed E-state index contributed by atoms with van der Waals surface area (Å²) in [4.78, 5) is 12.3. The molecule has 3 rings (SSSR count). The lowest BCUT2D eigenvalue weighted by molar-refractivity contribution is -0.122. The van der Waals surface area contributed by atoms with E-state index in [0.717, 1.165) is 11.3 Å². The second kappa shape index (κ2) is 7.21. The van der Waals surface area contributed by atoms with Gasteiger partial charge in [0.05, 0.1) is 6.10 Å². The van der Waals surface area contributed by atoms with E-state index in [4.69, 9.17) is 4.74 Å². The molecule has 132 valence electrons. The molecule has 0 heterocycles. The Hall–Kier alpha value is -2.43. The molecule has 0 radical (unpaired) electrons. The van der Waals surface area contributed by atoms with Crippen LogP contribution in [0, 0.1) is 17.6 Å². The van der Waals surface area contributed by atoms with E-state index in [-0.39, 0.29) is 29.4 Å². The molecule has 2 aromatic rings. The maximum atomic E-state index is 13.8. The average molecular weight is 345 g/mol. The van der Waals surface area contributed by atoms with E-state index in [0.29, 0.717) is 13.0 Å². The lowest BCUT2D eigenvalue weighted by atomic mass is 10.1. The quantitative estimate of drug-likeness (QED) is 0.853. The highest BCUT2D eigenvalue weighted by Crippen LogP contribution is 2.49. The molecule has 2 aromatic carbocycles. The molecule has 0 bridgehead atoms. The molecule has 0 saturated heterocycles. The van der Waals surface area contributed by atoms with Gasteiger partial charge in [-0.3, -0.25) is 4.79 Å². The predicted octanol–water partition coefficient (Wildman–Crippen LogP) is 4.17. The number of rotatable bonds is 6. The van der Waals surface area contributed by atoms with Crippen molar-refractivity contribution in [2.75, 3.05) is 0 Å². The lowest BCUT2D eigenvalue weighted by Crippen LogP contribution is -2.25. The van der Waals surface area contributed by atoms with Gasteiger partial charge in [-0.05, 0) is 50.1 Å². The van der Waals surface area contributed by atoms with Crippen LogP contribution in [0.4, 0.5) is 8.78 Å². The fourth-order valence-electron chi connectivity index (χ4n) is 2.99. The van der Waals surface area contributed by atoms with Crippen LogP contribution >= 0.6 is 0 Å². The van der Waals surface area contributed by atoms with Crippen molar-refractivity contribution in [2.24, 2.45) is 5.92 Å². The first-order valence-corrected chi connectivity index (χ1v) is 8.43. The van der Waals surface area contributed by atoms with Gasteiger partial charge < -0.3 is 10.1 Å². The summed E-state index contributed by atoms with van der Waals surface area (Å²) in [5.41, 5.74) is 0.941. The van der Waals surface area contributed by atoms with Crippen LogP contribution in [0.5, 0.6) is 5.75 Å². The number of hydrogen-bond acceptors (Lipinski definition) is 2. The number of carbonyl (C=O) groups excluding carboxylic acids is 1. The summed E-state index contributed by atoms with van der Waals surface area (Å²) in [6.07, 6.45) is 0.549. The molecule has 1 saturated carbocycles. The van der Waals surface area contributed by atoms with E-state index in [1.807, 2.05) is 38.1 Å². The van der Waals surface area contributed by atoms with Crippen molar-refractivity contribution >= 4 is 5.91 Å². The topological polar surface area (TPSA) is 38.3 Å². The van der Waals surface area contributed by atoms with Gasteiger partial charge in [0.1, 0.15) is 17.4 Å². The van der Waals surface area contributed by atoms with Crippen LogP contribution in [0.15, 0.2) is 42.5 Å². The van der Waals surface area contributed by atoms with Gasteiger partial charge in [0.25, 0.3) is 0 Å². The number of benzene rings is 2. The first-order valence-electron chi connectivity index (χ1n) is 8.43. The Bertz CT molecular complexity index is 756. The molecule has 0 aromatic heterocycles. The van der Waals surface area contributed by atoms with Crippen LogP contribution < -0.4 is 10.1 Å². The van der Waals surface area contributed by atoms with Crippen molar-refractivity contribution in [3.63, 3.8) is 0 Å². The molecule has 1 aliphatic carbocycles. The summed E-state index contributed by atoms with van der Waals surface area (Å²) in [5.74, 6) is -1.35. The van der Waals surface area contributed by atoms with Gasteiger partial charge in [-0.2, -0.15) is 0 Å². The number of halogens is 2. The molecule has 25 heavy (non-hydrogen) atoms. The first-order chi connectivity index (χ1) is 12.0. The van der Waals surface area contributed by atoms with Gasteiger partial charge in [-0.1, -0.05) is 18.2 Å². The average Bonchev–Trinajstić information content (AvgIpc) is 3.32. The SMILES string of the molecule is CC(C)Oc1cccc(CNC(=O)C2CC2c2c(F)cccc2F)c1. The highest BCUT2D eigenvalue weighted by Gasteiger charge is 2.46. The van der Waals surface area contributed by atoms with E-state index < -0.39 is 11.6 Å². The van der Waals surface area contributed by atoms with Gasteiger partial charge >= 0.3 is 0 Å². The zero-order valence-corrected chi connectivity index (χ0v) is 14.3. The minimum atomic E-state index is -0.584. The third kappa shape index (κ3) is 4.16. The lowest BCUT2D eigenvalue weighted by Gasteiger charge is -2.11. The summed E-state index contributed by atoms with van der Waals surface area (Å²) in [5, 5.41) is 2.84. The Balaban J connectivity index is 1.58. The molecule has 0 spiro atoms. The highest BCUT2D eigenvalue weighted by atomic mass is 19.1. The Labute approximate surface area is 146 Å². The molecule has 3 nitrogen and oxygen atoms in total. The zero-order valence-electron chi connectivity index (χ0n) is 14.3. The fraction of sp³-hybridized carbons (Fsp3) is 0.350. The molecule has 5 heteroatoms. The Morgan fingerprint density at radius 1 is 1.20 bits per heavy atom. The number of amides is 1. The smallest absolute Gasteiger partial charge is 0.224 e. The molecule has 1 N–H and O–H groups in total. The number of hydrogen-bond donors (Lipinski definition) is 1. The molecular weight excluding hydrogens is 324 g/mol. The number of ether oxygens (including phenoxy) is 1. The normalized spacial score (nSPS) is 18.9. The monoisotopic (exact) mass is 345 g/mol. The van der Waals surface area contributed by atoms with E-state index in [9.17, 15) is 13.6 Å². The Kier molecular flexibility index (Phi) is 5.02. The largest absolute Gasteiger partial charge is 0.491 e. The summed E-state index contributed by atoms with van der Waals surface area (Å²) in [6.45, 7) is 4.25. The predicted molar refractivity (Wildman–Crippen MR) is 91.3 cm³/mol. The Morgan fingerprint density at radius 3 is 2.56 bits per heavy atom. The van der Waals surface area contributed by atoms with E-state index in [1.165, 1.54) is 18.2 Å². The van der Waals surface area contributed by atoms with Crippen LogP contribution in [0.25, 0.3) is 0 Å². The molecule has 1 amide bonds. The minimum Gasteiger partial charge on any atom is -0.491 e. The molecule has 1 fully saturated rings. The second-order valence-corrected chi connectivity index (χ2v) is 6.62. The first kappa shape index (κ1) is 17.4. The summed E-state index contributed by atoms with van der Waals surface area (Å²) >= 11 is 0. The van der Waals surface area contributed by atoms with E-state index in [2.05, 4.69) is 5.32 Å². The van der Waals surface area contributed by atoms with Gasteiger partial charge in [0.15, 0.2) is 0 Å². The second-order valence-electron chi connectivity index (χ2n) is 6.62. The highest BCUT2D eigenvalue weighted by molar-refractivity contribution is 5.82. The summed E-state index contributed by atoms with van der Waals surface area (Å²) < 4.78 is 33.2. The third-order valence-electron chi connectivity index (χ3n) is 4.23. The van der Waals surface area contributed by atoms with E-state index >= 15 is 0 Å². The fourth-order valence-corrected chi connectivity index (χ4v) is 2.99. The van der Waals surface area contributed by atoms with Crippen LogP contribution in [-0.4, -0.2) is 12.0 Å². The molecular formula is C20H21F2NO2. The van der Waals surface area contributed by atoms with E-state index in [1.54, 1.807) is 0 Å². The maximum Gasteiger partial charge on any atom is 0.224 e. The number of carbonyl (C=O) groups is 1. The zero-order chi connectivity index (χ0) is 18.0. The van der Waals surface area contributed by atoms with Crippen LogP contribution in [0.2, 0.25) is 0 Å². The minimum absolute atomic E-state index is 0.0231. The van der Waals surface area contributed by atoms with Gasteiger partial charge in [0, 0.05) is 23.9 Å². The molecule has 2 atom stereocenters. The van der Waals surface area contributed by atoms with Crippen LogP contribution in [-0.2, 0) is 11.3 Å². The standard InChI is InChI=1S/C20H21F2NO2/c1-12(2)25-14-6-3-5-13(9-14)11-23-20(24)16-10-15(16)19-17(21)7-4-8-18(19)22/h3-9,12,15-16H,10-11H2,1-2H3,(H,23,24). The van der Waals surface area contributed by atoms with Crippen molar-refractivity contribution in [3.05, 3.63) is 65.2 Å². The van der Waals surface area contributed by atoms with Crippen molar-refractivity contribution in [2.45, 2.75) is 38.8 Å². The summed E-state index contributed by atoms with van der Waals surface area (Å²) in [7, 11) is 0. The van der Waals surface area contributed by atoms with Crippen LogP contribution in [0.1, 0.15) is 37.3 Å². The number of nitrogens with one attached hydrogen (secondary N) is 1. The maximum absolute atomic E-state index is 13.8. The molecule has 1 aliphatic rings. The molecule has 0 aliphatic heterocycles. The van der Waals surface area contributed by atoms with Crippen molar-refractivity contribution in [1.29, 1.82) is 0 Å². The van der Waals surface area contributed by atoms with Gasteiger partial charge in [0.2, 0.25) is 5.91 Å². The summed E-state index contributed by atoms with van der Waals surface area (Å²) in [6, 6.07) is 11.3. The van der Waals surface area contributed by atoms with Crippen molar-refractivity contribution in [3.8, 4) is 5.75 Å². The van der Waals surface area contributed by atoms with Gasteiger partial charge in [-0.25, -0.2) is 8.78 Å². The van der Waals surface area contributed by atoms with Gasteiger partial charge in [-0.15, -0.1) is 0 Å². The Morgan fingerprint density at radius 2 is 1.88 bits per heavy atom. The van der Waals surface area contributed by atoms with Crippen molar-refractivity contribution < 1.29 is 18.3 Å². The molecule has 2 unspecified atom stereocenters.